The summed E-state index contributed by atoms with van der Waals surface area (Å²) in [4.78, 5) is 33.0. The zero-order valence-corrected chi connectivity index (χ0v) is 10.8. The molecule has 5 N–H and O–H groups in total. The van der Waals surface area contributed by atoms with Crippen LogP contribution in [0.1, 0.15) is 6.92 Å². The van der Waals surface area contributed by atoms with Crippen LogP contribution in [-0.2, 0) is 14.3 Å². The molecule has 110 valence electrons. The van der Waals surface area contributed by atoms with Crippen LogP contribution in [0.25, 0.3) is 0 Å². The number of methoxy groups -OCH3 is 1. The first-order valence-electron chi connectivity index (χ1n) is 5.60. The van der Waals surface area contributed by atoms with E-state index in [1.54, 1.807) is 0 Å². The fourth-order valence-electron chi connectivity index (χ4n) is 1.02. The number of aliphatic carboxylic acids is 1. The summed E-state index contributed by atoms with van der Waals surface area (Å²) in [6, 6.07) is -1.53. The molecular formula is C10H19N3O6. The molecule has 9 nitrogen and oxygen atoms in total. The van der Waals surface area contributed by atoms with Crippen molar-refractivity contribution in [1.29, 1.82) is 0 Å². The first kappa shape index (κ1) is 17.1. The standard InChI is InChI=1S/C10H19N3O6/c1-6(8(15)11-3-4-19-2)13-10(18)12-5-7(14)9(16)17/h6-7,14H,3-5H2,1-2H3,(H,11,15)(H,16,17)(H2,12,13,18)/t6?,7-/m0/s1. The van der Waals surface area contributed by atoms with Gasteiger partial charge in [0.1, 0.15) is 6.04 Å². The summed E-state index contributed by atoms with van der Waals surface area (Å²) in [6.07, 6.45) is -1.68. The maximum Gasteiger partial charge on any atom is 0.334 e. The summed E-state index contributed by atoms with van der Waals surface area (Å²) >= 11 is 0. The van der Waals surface area contributed by atoms with Gasteiger partial charge < -0.3 is 30.9 Å². The number of urea groups is 1. The fourth-order valence-corrected chi connectivity index (χ4v) is 1.02. The summed E-state index contributed by atoms with van der Waals surface area (Å²) in [6.45, 7) is 1.70. The van der Waals surface area contributed by atoms with Gasteiger partial charge in [-0.1, -0.05) is 0 Å². The Morgan fingerprint density at radius 2 is 1.89 bits per heavy atom. The number of aliphatic hydroxyl groups is 1. The number of carboxylic acids is 1. The van der Waals surface area contributed by atoms with E-state index in [9.17, 15) is 14.4 Å². The number of ether oxygens (including phenoxy) is 1. The van der Waals surface area contributed by atoms with Gasteiger partial charge in [0.25, 0.3) is 0 Å². The zero-order chi connectivity index (χ0) is 14.8. The van der Waals surface area contributed by atoms with E-state index in [4.69, 9.17) is 14.9 Å². The highest BCUT2D eigenvalue weighted by atomic mass is 16.5. The molecular weight excluding hydrogens is 258 g/mol. The number of carbonyl (C=O) groups excluding carboxylic acids is 2. The third-order valence-electron chi connectivity index (χ3n) is 2.09. The second-order valence-corrected chi connectivity index (χ2v) is 3.71. The highest BCUT2D eigenvalue weighted by molar-refractivity contribution is 5.86. The van der Waals surface area contributed by atoms with Crippen LogP contribution in [-0.4, -0.2) is 67.1 Å². The SMILES string of the molecule is COCCNC(=O)C(C)NC(=O)NC[C@H](O)C(=O)O. The highest BCUT2D eigenvalue weighted by Crippen LogP contribution is 1.84. The van der Waals surface area contributed by atoms with Crippen molar-refractivity contribution in [3.63, 3.8) is 0 Å². The number of hydrogen-bond donors (Lipinski definition) is 5. The molecule has 0 heterocycles. The molecule has 3 amide bonds. The van der Waals surface area contributed by atoms with E-state index in [1.807, 2.05) is 0 Å². The topological polar surface area (TPSA) is 137 Å². The monoisotopic (exact) mass is 277 g/mol. The number of carboxylic acid groups (broad SMARTS) is 1. The molecule has 2 atom stereocenters. The largest absolute Gasteiger partial charge is 0.479 e. The van der Waals surface area contributed by atoms with Crippen LogP contribution in [0.5, 0.6) is 0 Å². The summed E-state index contributed by atoms with van der Waals surface area (Å²) in [5, 5.41) is 24.3. The average molecular weight is 277 g/mol. The van der Waals surface area contributed by atoms with Crippen molar-refractivity contribution in [3.05, 3.63) is 0 Å². The quantitative estimate of drug-likeness (QED) is 0.322. The molecule has 19 heavy (non-hydrogen) atoms. The molecule has 0 aromatic heterocycles. The Morgan fingerprint density at radius 3 is 2.42 bits per heavy atom. The van der Waals surface area contributed by atoms with E-state index in [0.717, 1.165) is 0 Å². The van der Waals surface area contributed by atoms with Crippen molar-refractivity contribution in [2.45, 2.75) is 19.1 Å². The Bertz CT molecular complexity index is 322. The van der Waals surface area contributed by atoms with Crippen molar-refractivity contribution in [2.24, 2.45) is 0 Å². The zero-order valence-electron chi connectivity index (χ0n) is 10.8. The summed E-state index contributed by atoms with van der Waals surface area (Å²) in [5.41, 5.74) is 0. The van der Waals surface area contributed by atoms with E-state index in [0.29, 0.717) is 13.2 Å². The number of carbonyl (C=O) groups is 3. The van der Waals surface area contributed by atoms with Crippen molar-refractivity contribution in [2.75, 3.05) is 26.8 Å². The molecule has 0 fully saturated rings. The van der Waals surface area contributed by atoms with Crippen molar-refractivity contribution in [3.8, 4) is 0 Å². The minimum absolute atomic E-state index is 0.320. The van der Waals surface area contributed by atoms with E-state index in [2.05, 4.69) is 16.0 Å². The van der Waals surface area contributed by atoms with Crippen molar-refractivity contribution in [1.82, 2.24) is 16.0 Å². The number of aliphatic hydroxyl groups excluding tert-OH is 1. The fraction of sp³-hybridized carbons (Fsp3) is 0.700. The Balaban J connectivity index is 3.91. The van der Waals surface area contributed by atoms with Crippen LogP contribution in [0, 0.1) is 0 Å². The lowest BCUT2D eigenvalue weighted by molar-refractivity contribution is -0.146. The predicted octanol–water partition coefficient (Wildman–Crippen LogP) is -2.12. The maximum absolute atomic E-state index is 11.4. The average Bonchev–Trinajstić information content (AvgIpc) is 2.35. The molecule has 0 aromatic carbocycles. The lowest BCUT2D eigenvalue weighted by Crippen LogP contribution is -2.50. The number of nitrogens with one attached hydrogen (secondary N) is 3. The Labute approximate surface area is 110 Å². The van der Waals surface area contributed by atoms with Gasteiger partial charge in [0.15, 0.2) is 6.10 Å². The van der Waals surface area contributed by atoms with Gasteiger partial charge in [-0.2, -0.15) is 0 Å². The van der Waals surface area contributed by atoms with Crippen LogP contribution in [0.15, 0.2) is 0 Å². The summed E-state index contributed by atoms with van der Waals surface area (Å²) < 4.78 is 4.74. The molecule has 0 aromatic rings. The number of rotatable bonds is 8. The maximum atomic E-state index is 11.4. The minimum Gasteiger partial charge on any atom is -0.479 e. The minimum atomic E-state index is -1.68. The molecule has 0 aliphatic heterocycles. The van der Waals surface area contributed by atoms with E-state index >= 15 is 0 Å². The van der Waals surface area contributed by atoms with Crippen molar-refractivity contribution >= 4 is 17.9 Å². The van der Waals surface area contributed by atoms with Gasteiger partial charge in [-0.15, -0.1) is 0 Å². The second kappa shape index (κ2) is 9.11. The van der Waals surface area contributed by atoms with Crippen LogP contribution in [0.3, 0.4) is 0 Å². The molecule has 1 unspecified atom stereocenters. The smallest absolute Gasteiger partial charge is 0.334 e. The summed E-state index contributed by atoms with van der Waals surface area (Å²) in [5.74, 6) is -1.84. The molecule has 0 saturated carbocycles. The Morgan fingerprint density at radius 1 is 1.26 bits per heavy atom. The van der Waals surface area contributed by atoms with Gasteiger partial charge in [0, 0.05) is 13.7 Å². The van der Waals surface area contributed by atoms with Crippen LogP contribution >= 0.6 is 0 Å². The molecule has 9 heteroatoms. The molecule has 0 radical (unpaired) electrons. The highest BCUT2D eigenvalue weighted by Gasteiger charge is 2.17. The number of amides is 3. The third kappa shape index (κ3) is 7.95. The van der Waals surface area contributed by atoms with Gasteiger partial charge in [-0.25, -0.2) is 9.59 Å². The first-order valence-corrected chi connectivity index (χ1v) is 5.60. The molecule has 0 aliphatic rings. The van der Waals surface area contributed by atoms with Crippen LogP contribution < -0.4 is 16.0 Å². The second-order valence-electron chi connectivity index (χ2n) is 3.71. The first-order chi connectivity index (χ1) is 8.88. The van der Waals surface area contributed by atoms with E-state index in [1.165, 1.54) is 14.0 Å². The van der Waals surface area contributed by atoms with Gasteiger partial charge in [0.05, 0.1) is 13.2 Å². The lowest BCUT2D eigenvalue weighted by Gasteiger charge is -2.15. The lowest BCUT2D eigenvalue weighted by atomic mass is 10.3. The van der Waals surface area contributed by atoms with Crippen LogP contribution in [0.4, 0.5) is 4.79 Å². The summed E-state index contributed by atoms with van der Waals surface area (Å²) in [7, 11) is 1.50. The van der Waals surface area contributed by atoms with Gasteiger partial charge in [-0.3, -0.25) is 4.79 Å². The number of hydrogen-bond acceptors (Lipinski definition) is 5. The predicted molar refractivity (Wildman–Crippen MR) is 64.5 cm³/mol. The van der Waals surface area contributed by atoms with Crippen LogP contribution in [0.2, 0.25) is 0 Å². The molecule has 0 aliphatic carbocycles. The third-order valence-corrected chi connectivity index (χ3v) is 2.09. The normalized spacial score (nSPS) is 13.2. The molecule has 0 bridgehead atoms. The van der Waals surface area contributed by atoms with Gasteiger partial charge in [0.2, 0.25) is 5.91 Å². The van der Waals surface area contributed by atoms with E-state index in [-0.39, 0.29) is 0 Å². The molecule has 0 saturated heterocycles. The molecule has 0 rings (SSSR count). The van der Waals surface area contributed by atoms with E-state index < -0.39 is 36.6 Å². The Hall–Kier alpha value is -1.87. The van der Waals surface area contributed by atoms with Gasteiger partial charge in [-0.05, 0) is 6.92 Å². The Kier molecular flexibility index (Phi) is 8.22. The van der Waals surface area contributed by atoms with Gasteiger partial charge >= 0.3 is 12.0 Å². The molecule has 0 spiro atoms. The van der Waals surface area contributed by atoms with Crippen molar-refractivity contribution < 1.29 is 29.3 Å².